The minimum atomic E-state index is -0.0557. The van der Waals surface area contributed by atoms with Gasteiger partial charge < -0.3 is 10.1 Å². The molecule has 0 bridgehead atoms. The first kappa shape index (κ1) is 17.5. The average molecular weight is 354 g/mol. The second kappa shape index (κ2) is 8.17. The Balaban J connectivity index is 1.52. The average Bonchev–Trinajstić information content (AvgIpc) is 2.95. The number of ether oxygens (including phenoxy) is 1. The van der Waals surface area contributed by atoms with Crippen LogP contribution in [-0.2, 0) is 17.6 Å². The number of nitrogens with zero attached hydrogens (tertiary/aromatic N) is 1. The van der Waals surface area contributed by atoms with Crippen molar-refractivity contribution in [2.75, 3.05) is 11.9 Å². The van der Waals surface area contributed by atoms with Gasteiger partial charge in [-0.25, -0.2) is 0 Å². The number of carbonyl (C=O) groups is 1. The molecule has 25 heavy (non-hydrogen) atoms. The number of anilines is 1. The Bertz CT molecular complexity index is 777. The van der Waals surface area contributed by atoms with E-state index in [1.165, 1.54) is 4.88 Å². The van der Waals surface area contributed by atoms with Crippen LogP contribution in [0.25, 0.3) is 0 Å². The maximum Gasteiger partial charge on any atom is 0.225 e. The van der Waals surface area contributed by atoms with Crippen molar-refractivity contribution in [3.05, 3.63) is 46.3 Å². The van der Waals surface area contributed by atoms with E-state index < -0.39 is 0 Å². The SMILES string of the molecule is C[C@H]1CCc2c(sc(NC(=O)CCCOc3ccccc3)c2C#N)C1. The Labute approximate surface area is 152 Å². The minimum absolute atomic E-state index is 0.0557. The van der Waals surface area contributed by atoms with Crippen LogP contribution in [0.4, 0.5) is 5.00 Å². The van der Waals surface area contributed by atoms with E-state index in [0.29, 0.717) is 30.9 Å². The molecule has 0 saturated carbocycles. The zero-order valence-electron chi connectivity index (χ0n) is 14.4. The third-order valence-corrected chi connectivity index (χ3v) is 5.61. The molecule has 0 unspecified atom stereocenters. The number of nitriles is 1. The molecule has 1 aliphatic carbocycles. The van der Waals surface area contributed by atoms with E-state index >= 15 is 0 Å². The van der Waals surface area contributed by atoms with E-state index in [1.54, 1.807) is 11.3 Å². The first-order chi connectivity index (χ1) is 12.2. The van der Waals surface area contributed by atoms with Crippen LogP contribution in [0.2, 0.25) is 0 Å². The van der Waals surface area contributed by atoms with Gasteiger partial charge in [-0.2, -0.15) is 5.26 Å². The van der Waals surface area contributed by atoms with Gasteiger partial charge in [0.1, 0.15) is 16.8 Å². The number of carbonyl (C=O) groups excluding carboxylic acids is 1. The van der Waals surface area contributed by atoms with Crippen LogP contribution < -0.4 is 10.1 Å². The fourth-order valence-electron chi connectivity index (χ4n) is 3.09. The molecule has 3 rings (SSSR count). The summed E-state index contributed by atoms with van der Waals surface area (Å²) in [6.07, 6.45) is 4.09. The molecule has 1 N–H and O–H groups in total. The molecule has 4 nitrogen and oxygen atoms in total. The molecular formula is C20H22N2O2S. The lowest BCUT2D eigenvalue weighted by atomic mass is 9.89. The number of rotatable bonds is 6. The van der Waals surface area contributed by atoms with Crippen molar-refractivity contribution < 1.29 is 9.53 Å². The molecule has 1 atom stereocenters. The Morgan fingerprint density at radius 3 is 2.96 bits per heavy atom. The Hall–Kier alpha value is -2.32. The predicted octanol–water partition coefficient (Wildman–Crippen LogP) is 4.54. The predicted molar refractivity (Wildman–Crippen MR) is 100 cm³/mol. The van der Waals surface area contributed by atoms with Crippen LogP contribution in [-0.4, -0.2) is 12.5 Å². The number of nitrogens with one attached hydrogen (secondary N) is 1. The molecule has 5 heteroatoms. The molecule has 1 heterocycles. The topological polar surface area (TPSA) is 62.1 Å². The standard InChI is InChI=1S/C20H22N2O2S/c1-14-9-10-16-17(13-21)20(25-18(16)12-14)22-19(23)8-5-11-24-15-6-3-2-4-7-15/h2-4,6-7,14H,5,8-12H2,1H3,(H,22,23)/t14-/m0/s1. The number of hydrogen-bond donors (Lipinski definition) is 1. The number of hydrogen-bond acceptors (Lipinski definition) is 4. The van der Waals surface area contributed by atoms with Crippen molar-refractivity contribution in [1.82, 2.24) is 0 Å². The maximum atomic E-state index is 12.2. The van der Waals surface area contributed by atoms with Crippen molar-refractivity contribution in [2.45, 2.75) is 39.0 Å². The van der Waals surface area contributed by atoms with Crippen LogP contribution in [0, 0.1) is 17.2 Å². The molecule has 0 fully saturated rings. The van der Waals surface area contributed by atoms with Gasteiger partial charge in [0, 0.05) is 11.3 Å². The molecule has 0 aliphatic heterocycles. The number of benzene rings is 1. The van der Waals surface area contributed by atoms with Gasteiger partial charge in [-0.15, -0.1) is 11.3 Å². The van der Waals surface area contributed by atoms with Crippen molar-refractivity contribution in [1.29, 1.82) is 5.26 Å². The van der Waals surface area contributed by atoms with Gasteiger partial charge >= 0.3 is 0 Å². The summed E-state index contributed by atoms with van der Waals surface area (Å²) < 4.78 is 5.60. The highest BCUT2D eigenvalue weighted by molar-refractivity contribution is 7.16. The van der Waals surface area contributed by atoms with E-state index in [1.807, 2.05) is 30.3 Å². The van der Waals surface area contributed by atoms with E-state index in [9.17, 15) is 10.1 Å². The van der Waals surface area contributed by atoms with Gasteiger partial charge in [-0.1, -0.05) is 25.1 Å². The quantitative estimate of drug-likeness (QED) is 0.775. The lowest BCUT2D eigenvalue weighted by molar-refractivity contribution is -0.116. The molecule has 0 spiro atoms. The van der Waals surface area contributed by atoms with Gasteiger partial charge in [-0.3, -0.25) is 4.79 Å². The first-order valence-corrected chi connectivity index (χ1v) is 9.51. The molecule has 130 valence electrons. The van der Waals surface area contributed by atoms with Crippen LogP contribution in [0.1, 0.15) is 42.2 Å². The molecule has 2 aromatic rings. The monoisotopic (exact) mass is 354 g/mol. The molecule has 1 aromatic carbocycles. The second-order valence-electron chi connectivity index (χ2n) is 6.48. The summed E-state index contributed by atoms with van der Waals surface area (Å²) in [5, 5.41) is 13.1. The zero-order chi connectivity index (χ0) is 17.6. The van der Waals surface area contributed by atoms with Crippen LogP contribution in [0.5, 0.6) is 5.75 Å². The van der Waals surface area contributed by atoms with Crippen LogP contribution in [0.3, 0.4) is 0 Å². The van der Waals surface area contributed by atoms with Gasteiger partial charge in [0.05, 0.1) is 12.2 Å². The number of amides is 1. The number of fused-ring (bicyclic) bond motifs is 1. The minimum Gasteiger partial charge on any atom is -0.494 e. The maximum absolute atomic E-state index is 12.2. The van der Waals surface area contributed by atoms with E-state index in [0.717, 1.165) is 35.6 Å². The normalized spacial score (nSPS) is 15.9. The zero-order valence-corrected chi connectivity index (χ0v) is 15.2. The summed E-state index contributed by atoms with van der Waals surface area (Å²) in [6, 6.07) is 11.9. The smallest absolute Gasteiger partial charge is 0.225 e. The van der Waals surface area contributed by atoms with Gasteiger partial charge in [0.15, 0.2) is 0 Å². The van der Waals surface area contributed by atoms with Gasteiger partial charge in [0.2, 0.25) is 5.91 Å². The highest BCUT2D eigenvalue weighted by Crippen LogP contribution is 2.39. The summed E-state index contributed by atoms with van der Waals surface area (Å²) >= 11 is 1.57. The number of para-hydroxylation sites is 1. The molecule has 1 aromatic heterocycles. The van der Waals surface area contributed by atoms with Gasteiger partial charge in [0.25, 0.3) is 0 Å². The van der Waals surface area contributed by atoms with E-state index in [-0.39, 0.29) is 5.91 Å². The molecule has 1 amide bonds. The molecule has 0 saturated heterocycles. The number of thiophene rings is 1. The molecule has 0 radical (unpaired) electrons. The van der Waals surface area contributed by atoms with Crippen molar-refractivity contribution in [3.63, 3.8) is 0 Å². The largest absolute Gasteiger partial charge is 0.494 e. The Kier molecular flexibility index (Phi) is 5.72. The molecule has 1 aliphatic rings. The third-order valence-electron chi connectivity index (χ3n) is 4.44. The lowest BCUT2D eigenvalue weighted by Gasteiger charge is -2.17. The van der Waals surface area contributed by atoms with Crippen molar-refractivity contribution in [3.8, 4) is 11.8 Å². The summed E-state index contributed by atoms with van der Waals surface area (Å²) in [6.45, 7) is 2.74. The van der Waals surface area contributed by atoms with E-state index in [2.05, 4.69) is 18.3 Å². The summed E-state index contributed by atoms with van der Waals surface area (Å²) in [5.74, 6) is 1.41. The fourth-order valence-corrected chi connectivity index (χ4v) is 4.46. The van der Waals surface area contributed by atoms with Crippen molar-refractivity contribution >= 4 is 22.2 Å². The summed E-state index contributed by atoms with van der Waals surface area (Å²) in [4.78, 5) is 13.5. The highest BCUT2D eigenvalue weighted by atomic mass is 32.1. The van der Waals surface area contributed by atoms with E-state index in [4.69, 9.17) is 4.74 Å². The summed E-state index contributed by atoms with van der Waals surface area (Å²) in [5.41, 5.74) is 1.81. The van der Waals surface area contributed by atoms with Gasteiger partial charge in [-0.05, 0) is 49.3 Å². The summed E-state index contributed by atoms with van der Waals surface area (Å²) in [7, 11) is 0. The third kappa shape index (κ3) is 4.40. The van der Waals surface area contributed by atoms with Crippen LogP contribution >= 0.6 is 11.3 Å². The molecular weight excluding hydrogens is 332 g/mol. The van der Waals surface area contributed by atoms with Crippen molar-refractivity contribution in [2.24, 2.45) is 5.92 Å². The van der Waals surface area contributed by atoms with Crippen LogP contribution in [0.15, 0.2) is 30.3 Å². The first-order valence-electron chi connectivity index (χ1n) is 8.69. The second-order valence-corrected chi connectivity index (χ2v) is 7.59. The highest BCUT2D eigenvalue weighted by Gasteiger charge is 2.24. The lowest BCUT2D eigenvalue weighted by Crippen LogP contribution is -2.13. The Morgan fingerprint density at radius 1 is 1.40 bits per heavy atom. The Morgan fingerprint density at radius 2 is 2.20 bits per heavy atom. The fraction of sp³-hybridized carbons (Fsp3) is 0.400.